The number of halogens is 7. The van der Waals surface area contributed by atoms with E-state index in [0.29, 0.717) is 0 Å². The molecule has 0 aliphatic heterocycles. The normalized spacial score (nSPS) is 13.3. The van der Waals surface area contributed by atoms with Crippen molar-refractivity contribution in [3.63, 3.8) is 0 Å². The van der Waals surface area contributed by atoms with E-state index in [1.807, 2.05) is 13.0 Å². The fraction of sp³-hybridized carbons (Fsp3) is 0.471. The number of alkyl halides is 3. The fourth-order valence-corrected chi connectivity index (χ4v) is 2.08. The number of hydrogen-bond acceptors (Lipinski definition) is 1. The average molecular weight is 385 g/mol. The van der Waals surface area contributed by atoms with E-state index in [-0.39, 0.29) is 6.42 Å². The Bertz CT molecular complexity index is 654. The molecule has 0 aromatic heterocycles. The van der Waals surface area contributed by atoms with Crippen LogP contribution in [0.4, 0.5) is 36.4 Å². The van der Waals surface area contributed by atoms with Crippen molar-refractivity contribution in [3.8, 4) is 0 Å². The first-order valence-corrected chi connectivity index (χ1v) is 7.91. The van der Waals surface area contributed by atoms with Crippen LogP contribution in [0.2, 0.25) is 0 Å². The van der Waals surface area contributed by atoms with E-state index in [2.05, 4.69) is 0 Å². The molecule has 26 heavy (non-hydrogen) atoms. The molecule has 0 saturated heterocycles. The molecular formula is C17H18F7NO. The van der Waals surface area contributed by atoms with Crippen molar-refractivity contribution in [1.29, 1.82) is 0 Å². The van der Waals surface area contributed by atoms with E-state index in [4.69, 9.17) is 0 Å². The minimum absolute atomic E-state index is 0.185. The highest BCUT2D eigenvalue weighted by Gasteiger charge is 2.42. The van der Waals surface area contributed by atoms with Crippen LogP contribution in [-0.2, 0) is 11.0 Å². The number of anilines is 1. The van der Waals surface area contributed by atoms with Gasteiger partial charge in [0.25, 0.3) is 0 Å². The first kappa shape index (κ1) is 22.0. The molecule has 1 rings (SSSR count). The predicted octanol–water partition coefficient (Wildman–Crippen LogP) is 5.97. The largest absolute Gasteiger partial charge is 0.422 e. The third-order valence-electron chi connectivity index (χ3n) is 3.62. The lowest BCUT2D eigenvalue weighted by molar-refractivity contribution is -0.143. The van der Waals surface area contributed by atoms with Gasteiger partial charge in [-0.3, -0.25) is 4.79 Å². The second-order valence-electron chi connectivity index (χ2n) is 5.74. The van der Waals surface area contributed by atoms with E-state index in [1.165, 1.54) is 6.92 Å². The molecule has 0 fully saturated rings. The van der Waals surface area contributed by atoms with Gasteiger partial charge in [-0.25, -0.2) is 17.6 Å². The Hall–Kier alpha value is -2.06. The van der Waals surface area contributed by atoms with Crippen molar-refractivity contribution in [2.24, 2.45) is 5.92 Å². The lowest BCUT2D eigenvalue weighted by atomic mass is 10.1. The van der Waals surface area contributed by atoms with Crippen molar-refractivity contribution in [3.05, 3.63) is 41.0 Å². The van der Waals surface area contributed by atoms with Gasteiger partial charge in [-0.1, -0.05) is 38.8 Å². The lowest BCUT2D eigenvalue weighted by Gasteiger charge is -2.16. The molecule has 2 nitrogen and oxygen atoms in total. The maximum Gasteiger partial charge on any atom is 0.422 e. The Morgan fingerprint density at radius 2 is 1.58 bits per heavy atom. The second kappa shape index (κ2) is 9.05. The quantitative estimate of drug-likeness (QED) is 0.266. The zero-order valence-corrected chi connectivity index (χ0v) is 14.1. The van der Waals surface area contributed by atoms with Crippen LogP contribution in [0.3, 0.4) is 0 Å². The molecule has 1 atom stereocenters. The van der Waals surface area contributed by atoms with Gasteiger partial charge >= 0.3 is 6.18 Å². The topological polar surface area (TPSA) is 29.1 Å². The summed E-state index contributed by atoms with van der Waals surface area (Å²) in [6, 6.07) is 0. The van der Waals surface area contributed by atoms with Gasteiger partial charge in [0.1, 0.15) is 11.3 Å². The van der Waals surface area contributed by atoms with E-state index in [9.17, 15) is 35.5 Å². The van der Waals surface area contributed by atoms with E-state index < -0.39 is 52.5 Å². The summed E-state index contributed by atoms with van der Waals surface area (Å²) in [5.41, 5.74) is -4.27. The number of allylic oxidation sites excluding steroid dienone is 2. The van der Waals surface area contributed by atoms with Crippen LogP contribution in [0.15, 0.2) is 12.2 Å². The van der Waals surface area contributed by atoms with Crippen LogP contribution in [-0.4, -0.2) is 5.91 Å². The Labute approximate surface area is 146 Å². The SMILES string of the molecule is CCCC/C=C/C[C@H](C)C(=O)Nc1c(F)c(F)c(C(F)(F)F)c(F)c1F. The highest BCUT2D eigenvalue weighted by molar-refractivity contribution is 5.92. The lowest BCUT2D eigenvalue weighted by Crippen LogP contribution is -2.24. The monoisotopic (exact) mass is 385 g/mol. The highest BCUT2D eigenvalue weighted by Crippen LogP contribution is 2.38. The molecule has 1 N–H and O–H groups in total. The van der Waals surface area contributed by atoms with Crippen LogP contribution < -0.4 is 5.32 Å². The molecule has 0 aliphatic rings. The van der Waals surface area contributed by atoms with Gasteiger partial charge in [0.05, 0.1) is 0 Å². The van der Waals surface area contributed by atoms with E-state index >= 15 is 0 Å². The zero-order chi connectivity index (χ0) is 20.1. The molecule has 0 spiro atoms. The van der Waals surface area contributed by atoms with Crippen molar-refractivity contribution in [2.75, 3.05) is 5.32 Å². The predicted molar refractivity (Wildman–Crippen MR) is 82.4 cm³/mol. The molecule has 0 unspecified atom stereocenters. The molecule has 1 aromatic carbocycles. The molecule has 146 valence electrons. The zero-order valence-electron chi connectivity index (χ0n) is 14.1. The summed E-state index contributed by atoms with van der Waals surface area (Å²) in [6.07, 6.45) is 0.733. The summed E-state index contributed by atoms with van der Waals surface area (Å²) in [5, 5.41) is 1.62. The number of unbranched alkanes of at least 4 members (excludes halogenated alkanes) is 2. The van der Waals surface area contributed by atoms with Gasteiger partial charge in [0, 0.05) is 5.92 Å². The Kier molecular flexibility index (Phi) is 7.65. The van der Waals surface area contributed by atoms with E-state index in [0.717, 1.165) is 19.3 Å². The highest BCUT2D eigenvalue weighted by atomic mass is 19.4. The third-order valence-corrected chi connectivity index (χ3v) is 3.62. The van der Waals surface area contributed by atoms with Crippen LogP contribution >= 0.6 is 0 Å². The van der Waals surface area contributed by atoms with Crippen LogP contribution in [0.25, 0.3) is 0 Å². The summed E-state index contributed by atoms with van der Waals surface area (Å²) < 4.78 is 92.0. The Morgan fingerprint density at radius 3 is 2.04 bits per heavy atom. The van der Waals surface area contributed by atoms with Crippen LogP contribution in [0, 0.1) is 29.2 Å². The number of carbonyl (C=O) groups is 1. The Morgan fingerprint density at radius 1 is 1.04 bits per heavy atom. The molecule has 1 amide bonds. The van der Waals surface area contributed by atoms with Crippen molar-refractivity contribution < 1.29 is 35.5 Å². The maximum atomic E-state index is 13.7. The van der Waals surface area contributed by atoms with Crippen LogP contribution in [0.5, 0.6) is 0 Å². The summed E-state index contributed by atoms with van der Waals surface area (Å²) in [4.78, 5) is 11.9. The molecular weight excluding hydrogens is 367 g/mol. The third kappa shape index (κ3) is 5.22. The molecule has 9 heteroatoms. The summed E-state index contributed by atoms with van der Waals surface area (Å²) in [6.45, 7) is 3.39. The van der Waals surface area contributed by atoms with Gasteiger partial charge in [0.2, 0.25) is 5.91 Å². The second-order valence-corrected chi connectivity index (χ2v) is 5.74. The number of carbonyl (C=O) groups excluding carboxylic acids is 1. The number of amides is 1. The molecule has 1 aromatic rings. The fourth-order valence-electron chi connectivity index (χ4n) is 2.08. The number of rotatable bonds is 7. The standard InChI is InChI=1S/C17H18F7NO/c1-3-4-5-6-7-8-9(2)16(26)25-15-13(20)11(18)10(17(22,23)24)12(19)14(15)21/h6-7,9H,3-5,8H2,1-2H3,(H,25,26)/b7-6+/t9-/m0/s1. The minimum atomic E-state index is -5.63. The van der Waals surface area contributed by atoms with Gasteiger partial charge in [-0.15, -0.1) is 0 Å². The van der Waals surface area contributed by atoms with Crippen LogP contribution in [0.1, 0.15) is 45.1 Å². The minimum Gasteiger partial charge on any atom is -0.321 e. The van der Waals surface area contributed by atoms with Gasteiger partial charge in [-0.2, -0.15) is 13.2 Å². The first-order chi connectivity index (χ1) is 12.0. The summed E-state index contributed by atoms with van der Waals surface area (Å²) in [7, 11) is 0. The number of nitrogens with one attached hydrogen (secondary N) is 1. The number of hydrogen-bond donors (Lipinski definition) is 1. The van der Waals surface area contributed by atoms with Crippen molar-refractivity contribution in [2.45, 2.75) is 45.7 Å². The van der Waals surface area contributed by atoms with Crippen molar-refractivity contribution in [1.82, 2.24) is 0 Å². The smallest absolute Gasteiger partial charge is 0.321 e. The van der Waals surface area contributed by atoms with Gasteiger partial charge in [-0.05, 0) is 12.8 Å². The van der Waals surface area contributed by atoms with Gasteiger partial charge in [0.15, 0.2) is 23.3 Å². The molecule has 0 bridgehead atoms. The first-order valence-electron chi connectivity index (χ1n) is 7.91. The molecule has 0 heterocycles. The molecule has 0 aliphatic carbocycles. The van der Waals surface area contributed by atoms with Crippen molar-refractivity contribution >= 4 is 11.6 Å². The molecule has 0 radical (unpaired) electrons. The average Bonchev–Trinajstić information content (AvgIpc) is 2.55. The summed E-state index contributed by atoms with van der Waals surface area (Å²) >= 11 is 0. The Balaban J connectivity index is 3.00. The summed E-state index contributed by atoms with van der Waals surface area (Å²) in [5.74, 6) is -11.6. The molecule has 0 saturated carbocycles. The maximum absolute atomic E-state index is 13.7. The van der Waals surface area contributed by atoms with Gasteiger partial charge < -0.3 is 5.32 Å². The van der Waals surface area contributed by atoms with E-state index in [1.54, 1.807) is 11.4 Å². The number of benzene rings is 1.